The van der Waals surface area contributed by atoms with Crippen LogP contribution in [0.1, 0.15) is 28.8 Å². The summed E-state index contributed by atoms with van der Waals surface area (Å²) in [7, 11) is 0. The fourth-order valence-electron chi connectivity index (χ4n) is 1.50. The van der Waals surface area contributed by atoms with Crippen molar-refractivity contribution in [1.29, 1.82) is 0 Å². The minimum atomic E-state index is -1.09. The monoisotopic (exact) mass is 251 g/mol. The molecule has 0 saturated heterocycles. The quantitative estimate of drug-likeness (QED) is 0.702. The van der Waals surface area contributed by atoms with Gasteiger partial charge in [0.15, 0.2) is 0 Å². The molecule has 1 amide bonds. The molecule has 0 saturated carbocycles. The Bertz CT molecular complexity index is 414. The van der Waals surface area contributed by atoms with Gasteiger partial charge >= 0.3 is 5.97 Å². The topological polar surface area (TPSA) is 86.6 Å². The summed E-state index contributed by atoms with van der Waals surface area (Å²) >= 11 is 0. The summed E-state index contributed by atoms with van der Waals surface area (Å²) in [5.74, 6) is -1.51. The molecule has 5 heteroatoms. The van der Waals surface area contributed by atoms with Gasteiger partial charge in [-0.05, 0) is 31.9 Å². The Morgan fingerprint density at radius 3 is 2.39 bits per heavy atom. The molecule has 1 aromatic rings. The van der Waals surface area contributed by atoms with Crippen molar-refractivity contribution in [3.63, 3.8) is 0 Å². The van der Waals surface area contributed by atoms with Gasteiger partial charge in [0.25, 0.3) is 5.91 Å². The highest BCUT2D eigenvalue weighted by Gasteiger charge is 2.19. The molecule has 98 valence electrons. The average Bonchev–Trinajstić information content (AvgIpc) is 2.34. The standard InChI is InChI=1S/C13H17NO4/c1-9-4-6-10(7-5-9)12(16)14-11(13(17)18)3-2-8-15/h4-7,11,15H,2-3,8H2,1H3,(H,14,16)(H,17,18). The van der Waals surface area contributed by atoms with Gasteiger partial charge in [0.1, 0.15) is 6.04 Å². The second-order valence-electron chi connectivity index (χ2n) is 4.10. The number of rotatable bonds is 6. The fraction of sp³-hybridized carbons (Fsp3) is 0.385. The zero-order chi connectivity index (χ0) is 13.5. The third kappa shape index (κ3) is 4.18. The first kappa shape index (κ1) is 14.2. The first-order chi connectivity index (χ1) is 8.54. The first-order valence-electron chi connectivity index (χ1n) is 5.76. The maximum atomic E-state index is 11.8. The Hall–Kier alpha value is -1.88. The van der Waals surface area contributed by atoms with Crippen molar-refractivity contribution in [1.82, 2.24) is 5.32 Å². The van der Waals surface area contributed by atoms with E-state index in [9.17, 15) is 9.59 Å². The van der Waals surface area contributed by atoms with Crippen LogP contribution in [0.25, 0.3) is 0 Å². The first-order valence-corrected chi connectivity index (χ1v) is 5.76. The molecule has 0 aliphatic rings. The maximum absolute atomic E-state index is 11.8. The molecule has 18 heavy (non-hydrogen) atoms. The molecule has 1 rings (SSSR count). The number of carbonyl (C=O) groups excluding carboxylic acids is 1. The number of nitrogens with one attached hydrogen (secondary N) is 1. The van der Waals surface area contributed by atoms with E-state index in [1.165, 1.54) is 0 Å². The number of hydrogen-bond acceptors (Lipinski definition) is 3. The van der Waals surface area contributed by atoms with Crippen LogP contribution in [0.2, 0.25) is 0 Å². The third-order valence-electron chi connectivity index (χ3n) is 2.57. The average molecular weight is 251 g/mol. The lowest BCUT2D eigenvalue weighted by molar-refractivity contribution is -0.139. The number of carboxylic acid groups (broad SMARTS) is 1. The van der Waals surface area contributed by atoms with Crippen LogP contribution < -0.4 is 5.32 Å². The van der Waals surface area contributed by atoms with E-state index in [0.29, 0.717) is 12.0 Å². The lowest BCUT2D eigenvalue weighted by atomic mass is 10.1. The van der Waals surface area contributed by atoms with Gasteiger partial charge in [-0.3, -0.25) is 4.79 Å². The van der Waals surface area contributed by atoms with Crippen LogP contribution in [0.4, 0.5) is 0 Å². The molecule has 0 aliphatic heterocycles. The normalized spacial score (nSPS) is 11.9. The van der Waals surface area contributed by atoms with Crippen LogP contribution >= 0.6 is 0 Å². The van der Waals surface area contributed by atoms with Crippen molar-refractivity contribution in [2.75, 3.05) is 6.61 Å². The summed E-state index contributed by atoms with van der Waals surface area (Å²) in [4.78, 5) is 22.7. The molecule has 1 unspecified atom stereocenters. The molecule has 0 heterocycles. The predicted octanol–water partition coefficient (Wildman–Crippen LogP) is 0.951. The Kier molecular flexibility index (Phi) is 5.32. The number of aliphatic hydroxyl groups is 1. The van der Waals surface area contributed by atoms with E-state index < -0.39 is 17.9 Å². The zero-order valence-electron chi connectivity index (χ0n) is 10.2. The molecule has 3 N–H and O–H groups in total. The fourth-order valence-corrected chi connectivity index (χ4v) is 1.50. The molecule has 0 bridgehead atoms. The molecule has 5 nitrogen and oxygen atoms in total. The zero-order valence-corrected chi connectivity index (χ0v) is 10.2. The Morgan fingerprint density at radius 1 is 1.28 bits per heavy atom. The van der Waals surface area contributed by atoms with Crippen LogP contribution in [0, 0.1) is 6.92 Å². The van der Waals surface area contributed by atoms with Gasteiger partial charge in [-0.1, -0.05) is 17.7 Å². The molecular formula is C13H17NO4. The minimum Gasteiger partial charge on any atom is -0.480 e. The lowest BCUT2D eigenvalue weighted by Gasteiger charge is -2.13. The summed E-state index contributed by atoms with van der Waals surface area (Å²) in [6.45, 7) is 1.81. The number of amides is 1. The van der Waals surface area contributed by atoms with Gasteiger partial charge in [-0.2, -0.15) is 0 Å². The van der Waals surface area contributed by atoms with Gasteiger partial charge in [-0.15, -0.1) is 0 Å². The van der Waals surface area contributed by atoms with E-state index in [0.717, 1.165) is 5.56 Å². The van der Waals surface area contributed by atoms with E-state index in [-0.39, 0.29) is 13.0 Å². The third-order valence-corrected chi connectivity index (χ3v) is 2.57. The van der Waals surface area contributed by atoms with Crippen molar-refractivity contribution < 1.29 is 19.8 Å². The summed E-state index contributed by atoms with van der Waals surface area (Å²) in [5, 5.41) is 20.1. The molecule has 0 aliphatic carbocycles. The Morgan fingerprint density at radius 2 is 1.89 bits per heavy atom. The van der Waals surface area contributed by atoms with E-state index >= 15 is 0 Å². The summed E-state index contributed by atoms with van der Waals surface area (Å²) in [6.07, 6.45) is 0.550. The number of aliphatic carboxylic acids is 1. The highest BCUT2D eigenvalue weighted by molar-refractivity contribution is 5.96. The number of carbonyl (C=O) groups is 2. The molecule has 1 atom stereocenters. The summed E-state index contributed by atoms with van der Waals surface area (Å²) < 4.78 is 0. The van der Waals surface area contributed by atoms with Gasteiger partial charge in [0.2, 0.25) is 0 Å². The number of aryl methyl sites for hydroxylation is 1. The highest BCUT2D eigenvalue weighted by atomic mass is 16.4. The SMILES string of the molecule is Cc1ccc(C(=O)NC(CCCO)C(=O)O)cc1. The van der Waals surface area contributed by atoms with E-state index in [2.05, 4.69) is 5.32 Å². The summed E-state index contributed by atoms with van der Waals surface area (Å²) in [6, 6.07) is 5.91. The van der Waals surface area contributed by atoms with Crippen LogP contribution in [-0.4, -0.2) is 34.7 Å². The predicted molar refractivity (Wildman–Crippen MR) is 66.4 cm³/mol. The largest absolute Gasteiger partial charge is 0.480 e. The smallest absolute Gasteiger partial charge is 0.326 e. The van der Waals surface area contributed by atoms with Gasteiger partial charge in [0.05, 0.1) is 0 Å². The van der Waals surface area contributed by atoms with Crippen molar-refractivity contribution in [3.8, 4) is 0 Å². The van der Waals surface area contributed by atoms with E-state index in [1.807, 2.05) is 6.92 Å². The number of carboxylic acids is 1. The second kappa shape index (κ2) is 6.76. The van der Waals surface area contributed by atoms with Gasteiger partial charge in [0, 0.05) is 12.2 Å². The van der Waals surface area contributed by atoms with Gasteiger partial charge < -0.3 is 15.5 Å². The second-order valence-corrected chi connectivity index (χ2v) is 4.10. The Labute approximate surface area is 105 Å². The van der Waals surface area contributed by atoms with Crippen molar-refractivity contribution in [2.24, 2.45) is 0 Å². The maximum Gasteiger partial charge on any atom is 0.326 e. The molecule has 1 aromatic carbocycles. The molecule has 0 aromatic heterocycles. The van der Waals surface area contributed by atoms with Crippen molar-refractivity contribution >= 4 is 11.9 Å². The number of benzene rings is 1. The molecule has 0 spiro atoms. The molecular weight excluding hydrogens is 234 g/mol. The van der Waals surface area contributed by atoms with Crippen LogP contribution in [-0.2, 0) is 4.79 Å². The van der Waals surface area contributed by atoms with Crippen LogP contribution in [0.5, 0.6) is 0 Å². The lowest BCUT2D eigenvalue weighted by Crippen LogP contribution is -2.40. The van der Waals surface area contributed by atoms with Crippen LogP contribution in [0.3, 0.4) is 0 Å². The van der Waals surface area contributed by atoms with E-state index in [1.54, 1.807) is 24.3 Å². The highest BCUT2D eigenvalue weighted by Crippen LogP contribution is 2.05. The van der Waals surface area contributed by atoms with Crippen LogP contribution in [0.15, 0.2) is 24.3 Å². The van der Waals surface area contributed by atoms with Gasteiger partial charge in [-0.25, -0.2) is 4.79 Å². The summed E-state index contributed by atoms with van der Waals surface area (Å²) in [5.41, 5.74) is 1.46. The molecule has 0 fully saturated rings. The van der Waals surface area contributed by atoms with Crippen molar-refractivity contribution in [3.05, 3.63) is 35.4 Å². The van der Waals surface area contributed by atoms with Crippen molar-refractivity contribution in [2.45, 2.75) is 25.8 Å². The number of hydrogen-bond donors (Lipinski definition) is 3. The Balaban J connectivity index is 2.66. The minimum absolute atomic E-state index is 0.0931. The van der Waals surface area contributed by atoms with E-state index in [4.69, 9.17) is 10.2 Å². The molecule has 0 radical (unpaired) electrons. The number of aliphatic hydroxyl groups excluding tert-OH is 1.